The van der Waals surface area contributed by atoms with Gasteiger partial charge in [-0.1, -0.05) is 44.0 Å². The van der Waals surface area contributed by atoms with E-state index in [1.807, 2.05) is 19.9 Å². The number of nitrogens with one attached hydrogen (secondary N) is 3. The van der Waals surface area contributed by atoms with Crippen LogP contribution in [0.5, 0.6) is 0 Å². The molecule has 44 heavy (non-hydrogen) atoms. The minimum atomic E-state index is -4.80. The highest BCUT2D eigenvalue weighted by molar-refractivity contribution is 6.00. The summed E-state index contributed by atoms with van der Waals surface area (Å²) in [5.74, 6) is -0.822. The molecule has 3 amide bonds. The van der Waals surface area contributed by atoms with E-state index < -0.39 is 41.5 Å². The second-order valence-electron chi connectivity index (χ2n) is 11.4. The van der Waals surface area contributed by atoms with Crippen molar-refractivity contribution in [2.75, 3.05) is 23.8 Å². The molecule has 4 N–H and O–H groups in total. The van der Waals surface area contributed by atoms with Crippen molar-refractivity contribution in [3.8, 4) is 0 Å². The minimum absolute atomic E-state index is 0.100. The predicted molar refractivity (Wildman–Crippen MR) is 155 cm³/mol. The van der Waals surface area contributed by atoms with Crippen LogP contribution in [-0.4, -0.2) is 57.4 Å². The molecule has 0 radical (unpaired) electrons. The van der Waals surface area contributed by atoms with E-state index in [9.17, 15) is 27.6 Å². The van der Waals surface area contributed by atoms with E-state index >= 15 is 0 Å². The zero-order valence-electron chi connectivity index (χ0n) is 24.6. The third kappa shape index (κ3) is 9.04. The Labute approximate surface area is 253 Å². The van der Waals surface area contributed by atoms with Crippen molar-refractivity contribution in [1.29, 1.82) is 0 Å². The number of alkyl halides is 3. The summed E-state index contributed by atoms with van der Waals surface area (Å²) in [6.45, 7) is 4.18. The van der Waals surface area contributed by atoms with Gasteiger partial charge in [0, 0.05) is 6.20 Å². The number of anilines is 2. The number of carboxylic acid groups (broad SMARTS) is 1. The first-order valence-corrected chi connectivity index (χ1v) is 14.6. The van der Waals surface area contributed by atoms with Crippen molar-refractivity contribution in [2.24, 2.45) is 16.4 Å². The lowest BCUT2D eigenvalue weighted by molar-refractivity contribution is -0.138. The number of pyridine rings is 1. The van der Waals surface area contributed by atoms with E-state index in [-0.39, 0.29) is 43.5 Å². The number of amides is 3. The molecule has 1 fully saturated rings. The molecule has 1 saturated carbocycles. The largest absolute Gasteiger partial charge is 0.481 e. The van der Waals surface area contributed by atoms with E-state index in [0.717, 1.165) is 43.4 Å². The lowest BCUT2D eigenvalue weighted by Gasteiger charge is -2.28. The number of carbonyl (C=O) groups excluding carboxylic acids is 2. The molecule has 1 aliphatic carbocycles. The Balaban J connectivity index is 1.42. The third-order valence-corrected chi connectivity index (χ3v) is 7.42. The van der Waals surface area contributed by atoms with Crippen LogP contribution >= 0.6 is 0 Å². The summed E-state index contributed by atoms with van der Waals surface area (Å²) >= 11 is 0. The Morgan fingerprint density at radius 1 is 1.09 bits per heavy atom. The first-order chi connectivity index (χ1) is 20.9. The monoisotopic (exact) mass is 618 g/mol. The first kappa shape index (κ1) is 32.5. The van der Waals surface area contributed by atoms with E-state index in [0.29, 0.717) is 12.2 Å². The van der Waals surface area contributed by atoms with Crippen molar-refractivity contribution in [3.05, 3.63) is 53.2 Å². The van der Waals surface area contributed by atoms with Gasteiger partial charge in [-0.2, -0.15) is 13.2 Å². The molecule has 1 aromatic heterocycles. The Hall–Kier alpha value is -4.43. The topological polar surface area (TPSA) is 152 Å². The highest BCUT2D eigenvalue weighted by Crippen LogP contribution is 2.38. The zero-order chi connectivity index (χ0) is 31.9. The molecule has 15 heteroatoms. The number of halogens is 3. The Morgan fingerprint density at radius 3 is 2.52 bits per heavy atom. The normalized spacial score (nSPS) is 16.0. The summed E-state index contributed by atoms with van der Waals surface area (Å²) in [6, 6.07) is 6.11. The van der Waals surface area contributed by atoms with Gasteiger partial charge in [0.25, 0.3) is 0 Å². The molecule has 1 aliphatic heterocycles. The standard InChI is InChI=1S/C29H37F3N8O4/c1-18(2)14-24(40-17-39(37-38-40)13-11-26(42)43)35-25(41)16-19-9-10-23(22(15-19)29(30,31)32)34-28(44)36-27-21(8-5-12-33-27)20-6-3-4-7-20/h5,8-10,12,15,18,20,24H,3-4,6-7,11,13-14,16-17H2,1-2H3,(H,35,41)(H,42,43)(H2,33,34,36,44). The SMILES string of the molecule is CC(C)CC(NC(=O)Cc1ccc(NC(=O)Nc2ncccc2C2CCCC2)c(C(F)(F)F)c1)N1CN(CCC(=O)O)N=N1. The minimum Gasteiger partial charge on any atom is -0.481 e. The molecule has 2 heterocycles. The van der Waals surface area contributed by atoms with Crippen LogP contribution in [0.25, 0.3) is 0 Å². The van der Waals surface area contributed by atoms with Gasteiger partial charge < -0.3 is 15.7 Å². The number of benzene rings is 1. The van der Waals surface area contributed by atoms with Gasteiger partial charge in [-0.25, -0.2) is 14.8 Å². The van der Waals surface area contributed by atoms with Gasteiger partial charge >= 0.3 is 18.2 Å². The van der Waals surface area contributed by atoms with E-state index in [2.05, 4.69) is 31.4 Å². The molecule has 0 saturated heterocycles. The molecule has 0 bridgehead atoms. The fourth-order valence-electron chi connectivity index (χ4n) is 5.35. The van der Waals surface area contributed by atoms with E-state index in [1.54, 1.807) is 6.07 Å². The average Bonchev–Trinajstić information content (AvgIpc) is 3.65. The van der Waals surface area contributed by atoms with Crippen molar-refractivity contribution in [2.45, 2.75) is 77.1 Å². The maximum absolute atomic E-state index is 14.1. The van der Waals surface area contributed by atoms with Crippen LogP contribution in [0.2, 0.25) is 0 Å². The van der Waals surface area contributed by atoms with E-state index in [1.165, 1.54) is 22.3 Å². The predicted octanol–water partition coefficient (Wildman–Crippen LogP) is 5.76. The van der Waals surface area contributed by atoms with Crippen molar-refractivity contribution in [3.63, 3.8) is 0 Å². The Kier molecular flexibility index (Phi) is 10.6. The molecule has 1 aromatic carbocycles. The molecular formula is C29H37F3N8O4. The summed E-state index contributed by atoms with van der Waals surface area (Å²) in [6.07, 6.45) is 0.160. The maximum Gasteiger partial charge on any atom is 0.418 e. The van der Waals surface area contributed by atoms with Crippen molar-refractivity contribution in [1.82, 2.24) is 20.3 Å². The highest BCUT2D eigenvalue weighted by atomic mass is 19.4. The van der Waals surface area contributed by atoms with Crippen LogP contribution in [-0.2, 0) is 22.2 Å². The number of rotatable bonds is 12. The van der Waals surface area contributed by atoms with Crippen LogP contribution in [0.3, 0.4) is 0 Å². The molecule has 12 nitrogen and oxygen atoms in total. The summed E-state index contributed by atoms with van der Waals surface area (Å²) in [4.78, 5) is 40.8. The van der Waals surface area contributed by atoms with E-state index in [4.69, 9.17) is 5.11 Å². The molecule has 2 aromatic rings. The lowest BCUT2D eigenvalue weighted by atomic mass is 9.98. The maximum atomic E-state index is 14.1. The highest BCUT2D eigenvalue weighted by Gasteiger charge is 2.35. The molecule has 0 spiro atoms. The number of hydrogen-bond acceptors (Lipinski definition) is 8. The quantitative estimate of drug-likeness (QED) is 0.236. The molecule has 2 aliphatic rings. The van der Waals surface area contributed by atoms with Gasteiger partial charge in [-0.3, -0.25) is 19.9 Å². The third-order valence-electron chi connectivity index (χ3n) is 7.42. The molecule has 238 valence electrons. The van der Waals surface area contributed by atoms with Crippen LogP contribution in [0.15, 0.2) is 47.0 Å². The van der Waals surface area contributed by atoms with Crippen LogP contribution < -0.4 is 16.0 Å². The lowest BCUT2D eigenvalue weighted by Crippen LogP contribution is -2.48. The molecule has 4 rings (SSSR count). The van der Waals surface area contributed by atoms with Crippen LogP contribution in [0, 0.1) is 5.92 Å². The summed E-state index contributed by atoms with van der Waals surface area (Å²) in [5.41, 5.74) is -0.578. The number of urea groups is 1. The number of carboxylic acids is 1. The fraction of sp³-hybridized carbons (Fsp3) is 0.517. The fourth-order valence-corrected chi connectivity index (χ4v) is 5.35. The number of hydrogen-bond donors (Lipinski definition) is 4. The molecule has 1 unspecified atom stereocenters. The van der Waals surface area contributed by atoms with Gasteiger partial charge in [-0.15, -0.1) is 0 Å². The summed E-state index contributed by atoms with van der Waals surface area (Å²) < 4.78 is 42.2. The smallest absolute Gasteiger partial charge is 0.418 e. The molecular weight excluding hydrogens is 581 g/mol. The Bertz CT molecular complexity index is 1360. The van der Waals surface area contributed by atoms with Gasteiger partial charge in [0.15, 0.2) is 0 Å². The summed E-state index contributed by atoms with van der Waals surface area (Å²) in [5, 5.41) is 27.5. The first-order valence-electron chi connectivity index (χ1n) is 14.6. The van der Waals surface area contributed by atoms with Gasteiger partial charge in [0.1, 0.15) is 18.7 Å². The Morgan fingerprint density at radius 2 is 1.84 bits per heavy atom. The number of nitrogens with zero attached hydrogens (tertiary/aromatic N) is 5. The number of carbonyl (C=O) groups is 3. The zero-order valence-corrected chi connectivity index (χ0v) is 24.6. The second kappa shape index (κ2) is 14.4. The van der Waals surface area contributed by atoms with Crippen molar-refractivity contribution < 1.29 is 32.7 Å². The van der Waals surface area contributed by atoms with Crippen molar-refractivity contribution >= 4 is 29.4 Å². The van der Waals surface area contributed by atoms with Crippen LogP contribution in [0.4, 0.5) is 29.5 Å². The van der Waals surface area contributed by atoms with Gasteiger partial charge in [-0.05, 0) is 65.6 Å². The van der Waals surface area contributed by atoms with Gasteiger partial charge in [0.2, 0.25) is 5.91 Å². The number of aliphatic carboxylic acids is 1. The van der Waals surface area contributed by atoms with Crippen LogP contribution in [0.1, 0.15) is 75.0 Å². The number of aromatic nitrogens is 1. The summed E-state index contributed by atoms with van der Waals surface area (Å²) in [7, 11) is 0. The molecule has 1 atom stereocenters. The second-order valence-corrected chi connectivity index (χ2v) is 11.4. The average molecular weight is 619 g/mol. The van der Waals surface area contributed by atoms with Gasteiger partial charge in [0.05, 0.1) is 30.6 Å².